The minimum absolute atomic E-state index is 0.0838. The third-order valence-electron chi connectivity index (χ3n) is 6.61. The van der Waals surface area contributed by atoms with Gasteiger partial charge in [0.1, 0.15) is 6.04 Å². The molecule has 0 saturated carbocycles. The molecule has 1 fully saturated rings. The molecule has 1 saturated heterocycles. The van der Waals surface area contributed by atoms with Gasteiger partial charge in [-0.15, -0.1) is 0 Å². The maximum Gasteiger partial charge on any atom is 0.174 e. The van der Waals surface area contributed by atoms with Gasteiger partial charge in [0.25, 0.3) is 0 Å². The molecule has 1 aliphatic heterocycles. The van der Waals surface area contributed by atoms with E-state index in [0.29, 0.717) is 5.11 Å². The maximum atomic E-state index is 5.92. The molecular weight excluding hydrogens is 516 g/mol. The Kier molecular flexibility index (Phi) is 5.63. The van der Waals surface area contributed by atoms with E-state index >= 15 is 0 Å². The molecule has 3 heterocycles. The molecule has 6 heteroatoms. The average Bonchev–Trinajstić information content (AvgIpc) is 3.50. The number of pyridine rings is 1. The van der Waals surface area contributed by atoms with Crippen molar-refractivity contribution in [1.82, 2.24) is 14.9 Å². The Labute approximate surface area is 218 Å². The van der Waals surface area contributed by atoms with Crippen molar-refractivity contribution in [1.29, 1.82) is 0 Å². The molecule has 2 atom stereocenters. The van der Waals surface area contributed by atoms with Crippen LogP contribution < -0.4 is 10.2 Å². The first kappa shape index (κ1) is 22.0. The van der Waals surface area contributed by atoms with Crippen LogP contribution in [0.5, 0.6) is 0 Å². The second-order valence-electron chi connectivity index (χ2n) is 8.76. The summed E-state index contributed by atoms with van der Waals surface area (Å²) >= 11 is 9.55. The van der Waals surface area contributed by atoms with Crippen LogP contribution in [0.3, 0.4) is 0 Å². The fourth-order valence-electron chi connectivity index (χ4n) is 4.91. The Balaban J connectivity index is 1.52. The summed E-state index contributed by atoms with van der Waals surface area (Å²) in [5.41, 5.74) is 5.44. The maximum absolute atomic E-state index is 5.92. The van der Waals surface area contributed by atoms with Crippen LogP contribution in [-0.2, 0) is 0 Å². The van der Waals surface area contributed by atoms with Crippen LogP contribution in [0.1, 0.15) is 29.0 Å². The molecule has 1 N–H and O–H groups in total. The van der Waals surface area contributed by atoms with Crippen LogP contribution >= 0.6 is 28.1 Å². The van der Waals surface area contributed by atoms with Crippen LogP contribution in [-0.4, -0.2) is 14.7 Å². The highest BCUT2D eigenvalue weighted by Gasteiger charge is 2.42. The third-order valence-corrected chi connectivity index (χ3v) is 7.82. The smallest absolute Gasteiger partial charge is 0.174 e. The fraction of sp³-hybridized carbons (Fsp3) is 0.103. The normalized spacial score (nSPS) is 17.7. The van der Waals surface area contributed by atoms with Gasteiger partial charge in [-0.25, -0.2) is 0 Å². The molecule has 2 aromatic heterocycles. The summed E-state index contributed by atoms with van der Waals surface area (Å²) in [5.74, 6) is 0. The highest BCUT2D eigenvalue weighted by atomic mass is 79.9. The highest BCUT2D eigenvalue weighted by molar-refractivity contribution is 9.10. The lowest BCUT2D eigenvalue weighted by Gasteiger charge is -2.29. The average molecular weight is 540 g/mol. The van der Waals surface area contributed by atoms with Crippen molar-refractivity contribution < 1.29 is 0 Å². The molecule has 4 nitrogen and oxygen atoms in total. The number of halogens is 1. The molecule has 3 aromatic carbocycles. The number of benzene rings is 3. The molecule has 172 valence electrons. The van der Waals surface area contributed by atoms with Crippen molar-refractivity contribution in [2.45, 2.75) is 19.0 Å². The molecular formula is C29H23BrN4S. The summed E-state index contributed by atoms with van der Waals surface area (Å²) in [6.07, 6.45) is 3.97. The van der Waals surface area contributed by atoms with Crippen LogP contribution in [0.25, 0.3) is 16.5 Å². The van der Waals surface area contributed by atoms with Gasteiger partial charge in [0.2, 0.25) is 0 Å². The van der Waals surface area contributed by atoms with E-state index in [0.717, 1.165) is 32.8 Å². The van der Waals surface area contributed by atoms with E-state index in [1.807, 2.05) is 18.3 Å². The zero-order chi connectivity index (χ0) is 23.9. The lowest BCUT2D eigenvalue weighted by Crippen LogP contribution is -2.30. The van der Waals surface area contributed by atoms with Crippen LogP contribution in [0.15, 0.2) is 108 Å². The van der Waals surface area contributed by atoms with Gasteiger partial charge in [-0.3, -0.25) is 4.98 Å². The molecule has 0 unspecified atom stereocenters. The van der Waals surface area contributed by atoms with Gasteiger partial charge in [-0.2, -0.15) is 0 Å². The van der Waals surface area contributed by atoms with Crippen molar-refractivity contribution in [2.24, 2.45) is 0 Å². The number of nitrogens with zero attached hydrogens (tertiary/aromatic N) is 3. The van der Waals surface area contributed by atoms with Gasteiger partial charge in [0.05, 0.1) is 11.7 Å². The van der Waals surface area contributed by atoms with E-state index in [2.05, 4.69) is 123 Å². The zero-order valence-corrected chi connectivity index (χ0v) is 21.5. The molecule has 0 bridgehead atoms. The number of anilines is 1. The number of hydrogen-bond acceptors (Lipinski definition) is 2. The zero-order valence-electron chi connectivity index (χ0n) is 19.1. The monoisotopic (exact) mass is 538 g/mol. The van der Waals surface area contributed by atoms with Crippen LogP contribution in [0.2, 0.25) is 0 Å². The topological polar surface area (TPSA) is 33.1 Å². The van der Waals surface area contributed by atoms with Gasteiger partial charge in [0, 0.05) is 33.9 Å². The van der Waals surface area contributed by atoms with Crippen LogP contribution in [0, 0.1) is 6.92 Å². The first-order valence-electron chi connectivity index (χ1n) is 11.5. The number of rotatable bonds is 4. The molecule has 0 spiro atoms. The van der Waals surface area contributed by atoms with Crippen molar-refractivity contribution in [3.63, 3.8) is 0 Å². The quantitative estimate of drug-likeness (QED) is 0.244. The van der Waals surface area contributed by atoms with E-state index in [4.69, 9.17) is 17.2 Å². The van der Waals surface area contributed by atoms with E-state index < -0.39 is 0 Å². The summed E-state index contributed by atoms with van der Waals surface area (Å²) in [6, 6.07) is 31.6. The van der Waals surface area contributed by atoms with E-state index in [-0.39, 0.29) is 12.1 Å². The Morgan fingerprint density at radius 2 is 1.66 bits per heavy atom. The highest BCUT2D eigenvalue weighted by Crippen LogP contribution is 2.43. The van der Waals surface area contributed by atoms with Crippen molar-refractivity contribution in [3.8, 4) is 5.69 Å². The summed E-state index contributed by atoms with van der Waals surface area (Å²) < 4.78 is 3.35. The van der Waals surface area contributed by atoms with Gasteiger partial charge in [0.15, 0.2) is 5.11 Å². The standard InChI is InChI=1S/C29H23BrN4S/c1-19-17-23(13-14-24(19)30)34-28(27(32-29(34)35)25-9-4-5-15-31-25)26-10-6-16-33(26)22-12-11-20-7-2-3-8-21(20)18-22/h2-18,27-28H,1H3,(H,32,35)/t27-,28-/m0/s1. The first-order valence-corrected chi connectivity index (χ1v) is 12.7. The number of aryl methyl sites for hydroxylation is 1. The SMILES string of the molecule is Cc1cc(N2C(=S)N[C@@H](c3ccccn3)[C@@H]2c2cccn2-c2ccc3ccccc3c2)ccc1Br. The third kappa shape index (κ3) is 3.93. The lowest BCUT2D eigenvalue weighted by molar-refractivity contribution is 0.549. The molecule has 35 heavy (non-hydrogen) atoms. The summed E-state index contributed by atoms with van der Waals surface area (Å²) in [4.78, 5) is 6.92. The molecule has 0 radical (unpaired) electrons. The Bertz CT molecular complexity index is 1550. The number of hydrogen-bond donors (Lipinski definition) is 1. The predicted molar refractivity (Wildman–Crippen MR) is 150 cm³/mol. The van der Waals surface area contributed by atoms with Crippen molar-refractivity contribution in [3.05, 3.63) is 125 Å². The summed E-state index contributed by atoms with van der Waals surface area (Å²) in [5, 5.41) is 6.71. The second kappa shape index (κ2) is 8.95. The molecule has 6 rings (SSSR count). The van der Waals surface area contributed by atoms with E-state index in [9.17, 15) is 0 Å². The molecule has 0 aliphatic carbocycles. The Morgan fingerprint density at radius 3 is 2.46 bits per heavy atom. The number of fused-ring (bicyclic) bond motifs is 1. The van der Waals surface area contributed by atoms with Crippen molar-refractivity contribution in [2.75, 3.05) is 4.90 Å². The summed E-state index contributed by atoms with van der Waals surface area (Å²) in [7, 11) is 0. The molecule has 5 aromatic rings. The predicted octanol–water partition coefficient (Wildman–Crippen LogP) is 7.27. The minimum Gasteiger partial charge on any atom is -0.351 e. The van der Waals surface area contributed by atoms with Crippen molar-refractivity contribution >= 4 is 49.7 Å². The fourth-order valence-corrected chi connectivity index (χ4v) is 5.50. The minimum atomic E-state index is -0.0956. The Morgan fingerprint density at radius 1 is 0.857 bits per heavy atom. The van der Waals surface area contributed by atoms with Gasteiger partial charge < -0.3 is 14.8 Å². The van der Waals surface area contributed by atoms with Crippen LogP contribution in [0.4, 0.5) is 5.69 Å². The molecule has 1 aliphatic rings. The van der Waals surface area contributed by atoms with Gasteiger partial charge >= 0.3 is 0 Å². The van der Waals surface area contributed by atoms with E-state index in [1.54, 1.807) is 0 Å². The van der Waals surface area contributed by atoms with Gasteiger partial charge in [-0.05, 0) is 90.1 Å². The number of aromatic nitrogens is 2. The molecule has 0 amide bonds. The second-order valence-corrected chi connectivity index (χ2v) is 10.0. The largest absolute Gasteiger partial charge is 0.351 e. The van der Waals surface area contributed by atoms with Gasteiger partial charge in [-0.1, -0.05) is 52.3 Å². The summed E-state index contributed by atoms with van der Waals surface area (Å²) in [6.45, 7) is 2.10. The number of nitrogens with one attached hydrogen (secondary N) is 1. The number of thiocarbonyl (C=S) groups is 1. The van der Waals surface area contributed by atoms with E-state index in [1.165, 1.54) is 10.8 Å². The lowest BCUT2D eigenvalue weighted by atomic mass is 10.00. The Hall–Kier alpha value is -3.48. The first-order chi connectivity index (χ1) is 17.1.